The SMILES string of the molecule is CCn1c(C)c(C(=O)NCc2ccccc2)c2cc(O)ccc21. The van der Waals surface area contributed by atoms with Gasteiger partial charge in [-0.25, -0.2) is 0 Å². The Hall–Kier alpha value is -2.75. The Bertz CT molecular complexity index is 851. The van der Waals surface area contributed by atoms with Crippen LogP contribution in [0.15, 0.2) is 48.5 Å². The molecule has 0 aliphatic carbocycles. The summed E-state index contributed by atoms with van der Waals surface area (Å²) in [5.74, 6) is 0.0528. The van der Waals surface area contributed by atoms with Gasteiger partial charge in [0.05, 0.1) is 5.56 Å². The van der Waals surface area contributed by atoms with Crippen molar-refractivity contribution < 1.29 is 9.90 Å². The quantitative estimate of drug-likeness (QED) is 0.773. The van der Waals surface area contributed by atoms with Crippen LogP contribution >= 0.6 is 0 Å². The van der Waals surface area contributed by atoms with Gasteiger partial charge in [-0.15, -0.1) is 0 Å². The lowest BCUT2D eigenvalue weighted by molar-refractivity contribution is 0.0951. The first kappa shape index (κ1) is 15.2. The van der Waals surface area contributed by atoms with E-state index < -0.39 is 0 Å². The summed E-state index contributed by atoms with van der Waals surface area (Å²) in [6.07, 6.45) is 0. The fourth-order valence-corrected chi connectivity index (χ4v) is 3.03. The smallest absolute Gasteiger partial charge is 0.254 e. The zero-order valence-corrected chi connectivity index (χ0v) is 13.3. The van der Waals surface area contributed by atoms with E-state index in [0.717, 1.165) is 28.7 Å². The van der Waals surface area contributed by atoms with Crippen LogP contribution in [0.2, 0.25) is 0 Å². The molecule has 4 heteroatoms. The number of carbonyl (C=O) groups excluding carboxylic acids is 1. The number of nitrogens with zero attached hydrogens (tertiary/aromatic N) is 1. The first-order valence-corrected chi connectivity index (χ1v) is 7.75. The summed E-state index contributed by atoms with van der Waals surface area (Å²) < 4.78 is 2.09. The number of carbonyl (C=O) groups is 1. The first-order chi connectivity index (χ1) is 11.1. The second-order valence-electron chi connectivity index (χ2n) is 5.57. The normalized spacial score (nSPS) is 10.9. The molecule has 2 N–H and O–H groups in total. The average molecular weight is 308 g/mol. The van der Waals surface area contributed by atoms with Crippen LogP contribution in [0.3, 0.4) is 0 Å². The van der Waals surface area contributed by atoms with Gasteiger partial charge in [-0.3, -0.25) is 4.79 Å². The molecule has 0 saturated carbocycles. The summed E-state index contributed by atoms with van der Waals surface area (Å²) in [5.41, 5.74) is 3.57. The zero-order valence-electron chi connectivity index (χ0n) is 13.3. The first-order valence-electron chi connectivity index (χ1n) is 7.75. The van der Waals surface area contributed by atoms with Crippen molar-refractivity contribution in [2.75, 3.05) is 0 Å². The Morgan fingerprint density at radius 1 is 1.17 bits per heavy atom. The van der Waals surface area contributed by atoms with Gasteiger partial charge in [0.2, 0.25) is 0 Å². The number of amides is 1. The Morgan fingerprint density at radius 3 is 2.61 bits per heavy atom. The maximum absolute atomic E-state index is 12.7. The molecule has 0 radical (unpaired) electrons. The molecule has 4 nitrogen and oxygen atoms in total. The number of rotatable bonds is 4. The zero-order chi connectivity index (χ0) is 16.4. The van der Waals surface area contributed by atoms with E-state index in [1.165, 1.54) is 0 Å². The van der Waals surface area contributed by atoms with Crippen LogP contribution in [0.25, 0.3) is 10.9 Å². The molecule has 1 aromatic heterocycles. The maximum Gasteiger partial charge on any atom is 0.254 e. The van der Waals surface area contributed by atoms with Gasteiger partial charge in [-0.2, -0.15) is 0 Å². The summed E-state index contributed by atoms with van der Waals surface area (Å²) in [6.45, 7) is 5.25. The molecule has 2 aromatic carbocycles. The molecule has 0 bridgehead atoms. The number of aromatic nitrogens is 1. The minimum atomic E-state index is -0.117. The number of phenolic OH excluding ortho intramolecular Hbond substituents is 1. The molecule has 1 heterocycles. The predicted octanol–water partition coefficient (Wildman–Crippen LogP) is 3.61. The van der Waals surface area contributed by atoms with Gasteiger partial charge in [-0.1, -0.05) is 30.3 Å². The lowest BCUT2D eigenvalue weighted by atomic mass is 10.1. The Balaban J connectivity index is 1.96. The van der Waals surface area contributed by atoms with Crippen LogP contribution in [0.5, 0.6) is 5.75 Å². The van der Waals surface area contributed by atoms with Gasteiger partial charge in [0.1, 0.15) is 5.75 Å². The number of benzene rings is 2. The van der Waals surface area contributed by atoms with E-state index in [0.29, 0.717) is 12.1 Å². The highest BCUT2D eigenvalue weighted by molar-refractivity contribution is 6.08. The van der Waals surface area contributed by atoms with Crippen molar-refractivity contribution in [1.29, 1.82) is 0 Å². The molecule has 0 fully saturated rings. The van der Waals surface area contributed by atoms with Gasteiger partial charge in [-0.05, 0) is 37.6 Å². The van der Waals surface area contributed by atoms with Crippen molar-refractivity contribution in [3.8, 4) is 5.75 Å². The standard InChI is InChI=1S/C19H20N2O2/c1-3-21-13(2)18(16-11-15(22)9-10-17(16)21)19(23)20-12-14-7-5-4-6-8-14/h4-11,22H,3,12H2,1-2H3,(H,20,23). The Morgan fingerprint density at radius 2 is 1.91 bits per heavy atom. The molecule has 3 aromatic rings. The third-order valence-corrected chi connectivity index (χ3v) is 4.15. The van der Waals surface area contributed by atoms with Crippen LogP contribution in [-0.2, 0) is 13.1 Å². The van der Waals surface area contributed by atoms with Crippen LogP contribution in [0, 0.1) is 6.92 Å². The molecule has 0 aliphatic heterocycles. The molecule has 0 spiro atoms. The van der Waals surface area contributed by atoms with Crippen molar-refractivity contribution in [2.45, 2.75) is 26.9 Å². The molecule has 0 aliphatic rings. The van der Waals surface area contributed by atoms with Crippen LogP contribution in [0.1, 0.15) is 28.5 Å². The fourth-order valence-electron chi connectivity index (χ4n) is 3.03. The van der Waals surface area contributed by atoms with E-state index in [4.69, 9.17) is 0 Å². The van der Waals surface area contributed by atoms with E-state index in [-0.39, 0.29) is 11.7 Å². The fraction of sp³-hybridized carbons (Fsp3) is 0.211. The number of phenols is 1. The van der Waals surface area contributed by atoms with Crippen molar-refractivity contribution in [1.82, 2.24) is 9.88 Å². The second kappa shape index (κ2) is 6.16. The summed E-state index contributed by atoms with van der Waals surface area (Å²) >= 11 is 0. The van der Waals surface area contributed by atoms with Crippen molar-refractivity contribution in [3.05, 3.63) is 65.4 Å². The molecule has 0 atom stereocenters. The van der Waals surface area contributed by atoms with Gasteiger partial charge < -0.3 is 15.0 Å². The second-order valence-corrected chi connectivity index (χ2v) is 5.57. The number of hydrogen-bond acceptors (Lipinski definition) is 2. The van der Waals surface area contributed by atoms with E-state index in [9.17, 15) is 9.90 Å². The maximum atomic E-state index is 12.7. The van der Waals surface area contributed by atoms with Crippen LogP contribution in [0.4, 0.5) is 0 Å². The summed E-state index contributed by atoms with van der Waals surface area (Å²) in [5, 5.41) is 13.5. The molecular formula is C19H20N2O2. The number of nitrogens with one attached hydrogen (secondary N) is 1. The third-order valence-electron chi connectivity index (χ3n) is 4.15. The minimum Gasteiger partial charge on any atom is -0.508 e. The van der Waals surface area contributed by atoms with E-state index in [1.54, 1.807) is 12.1 Å². The summed E-state index contributed by atoms with van der Waals surface area (Å²) in [4.78, 5) is 12.7. The highest BCUT2D eigenvalue weighted by Gasteiger charge is 2.19. The predicted molar refractivity (Wildman–Crippen MR) is 91.6 cm³/mol. The van der Waals surface area contributed by atoms with Crippen LogP contribution < -0.4 is 5.32 Å². The molecule has 0 saturated heterocycles. The van der Waals surface area contributed by atoms with Gasteiger partial charge in [0.25, 0.3) is 5.91 Å². The molecule has 23 heavy (non-hydrogen) atoms. The van der Waals surface area contributed by atoms with Crippen LogP contribution in [-0.4, -0.2) is 15.6 Å². The van der Waals surface area contributed by atoms with E-state index in [1.807, 2.05) is 50.2 Å². The summed E-state index contributed by atoms with van der Waals surface area (Å²) in [6, 6.07) is 15.0. The number of hydrogen-bond donors (Lipinski definition) is 2. The summed E-state index contributed by atoms with van der Waals surface area (Å²) in [7, 11) is 0. The molecular weight excluding hydrogens is 288 g/mol. The lowest BCUT2D eigenvalue weighted by Gasteiger charge is -2.07. The Kier molecular flexibility index (Phi) is 4.06. The van der Waals surface area contributed by atoms with E-state index in [2.05, 4.69) is 9.88 Å². The molecule has 1 amide bonds. The van der Waals surface area contributed by atoms with Gasteiger partial charge in [0.15, 0.2) is 0 Å². The number of aryl methyl sites for hydroxylation is 1. The third kappa shape index (κ3) is 2.80. The number of aromatic hydroxyl groups is 1. The Labute approximate surface area is 135 Å². The molecule has 0 unspecified atom stereocenters. The number of fused-ring (bicyclic) bond motifs is 1. The lowest BCUT2D eigenvalue weighted by Crippen LogP contribution is -2.23. The molecule has 118 valence electrons. The monoisotopic (exact) mass is 308 g/mol. The van der Waals surface area contributed by atoms with E-state index >= 15 is 0 Å². The van der Waals surface area contributed by atoms with Crippen molar-refractivity contribution in [2.24, 2.45) is 0 Å². The van der Waals surface area contributed by atoms with Gasteiger partial charge >= 0.3 is 0 Å². The van der Waals surface area contributed by atoms with Gasteiger partial charge in [0, 0.05) is 29.7 Å². The largest absolute Gasteiger partial charge is 0.508 e. The average Bonchev–Trinajstić information content (AvgIpc) is 2.84. The highest BCUT2D eigenvalue weighted by atomic mass is 16.3. The minimum absolute atomic E-state index is 0.117. The van der Waals surface area contributed by atoms with Crippen molar-refractivity contribution >= 4 is 16.8 Å². The molecule has 3 rings (SSSR count). The topological polar surface area (TPSA) is 54.3 Å². The van der Waals surface area contributed by atoms with Crippen molar-refractivity contribution in [3.63, 3.8) is 0 Å². The highest BCUT2D eigenvalue weighted by Crippen LogP contribution is 2.29.